The van der Waals surface area contributed by atoms with Gasteiger partial charge in [-0.05, 0) is 14.1 Å². The zero-order valence-corrected chi connectivity index (χ0v) is 10.8. The summed E-state index contributed by atoms with van der Waals surface area (Å²) < 4.78 is 7.11. The molecule has 2 aromatic rings. The number of hydrogen-bond donors (Lipinski definition) is 2. The second-order valence-electron chi connectivity index (χ2n) is 4.01. The van der Waals surface area contributed by atoms with Crippen molar-refractivity contribution in [3.05, 3.63) is 18.7 Å². The molecule has 0 aliphatic heterocycles. The summed E-state index contributed by atoms with van der Waals surface area (Å²) in [5, 5.41) is 0. The Labute approximate surface area is 110 Å². The zero-order chi connectivity index (χ0) is 13.7. The molecule has 0 fully saturated rings. The topological polar surface area (TPSA) is 107 Å². The van der Waals surface area contributed by atoms with E-state index in [0.717, 1.165) is 6.54 Å². The molecular formula is C10H16N8O. The van der Waals surface area contributed by atoms with Crippen molar-refractivity contribution in [1.29, 1.82) is 0 Å². The Balaban J connectivity index is 2.16. The molecule has 2 aromatic heterocycles. The average Bonchev–Trinajstić information content (AvgIpc) is 2.92. The Morgan fingerprint density at radius 3 is 2.84 bits per heavy atom. The van der Waals surface area contributed by atoms with Gasteiger partial charge in [0.05, 0.1) is 0 Å². The van der Waals surface area contributed by atoms with E-state index in [0.29, 0.717) is 12.6 Å². The number of nitrogens with two attached hydrogens (primary N) is 1. The molecule has 9 nitrogen and oxygen atoms in total. The van der Waals surface area contributed by atoms with Crippen LogP contribution >= 0.6 is 0 Å². The molecule has 0 radical (unpaired) electrons. The first-order valence-corrected chi connectivity index (χ1v) is 5.67. The minimum absolute atomic E-state index is 0.216. The standard InChI is InChI=1S/C10H16N8O/c1-17(2)5-6-19-10-14-8(16-11)13-9(15-10)18-4-3-12-7-18/h3-4,7H,5-6,11H2,1-2H3,(H,13,14,15,16). The summed E-state index contributed by atoms with van der Waals surface area (Å²) in [5.74, 6) is 5.95. The Hall–Kier alpha value is -2.26. The van der Waals surface area contributed by atoms with E-state index in [1.54, 1.807) is 23.3 Å². The van der Waals surface area contributed by atoms with E-state index >= 15 is 0 Å². The van der Waals surface area contributed by atoms with Gasteiger partial charge in [0.2, 0.25) is 11.9 Å². The quantitative estimate of drug-likeness (QED) is 0.520. The van der Waals surface area contributed by atoms with E-state index in [1.165, 1.54) is 0 Å². The van der Waals surface area contributed by atoms with Crippen molar-refractivity contribution in [3.63, 3.8) is 0 Å². The summed E-state index contributed by atoms with van der Waals surface area (Å²) in [6.45, 7) is 1.24. The number of ether oxygens (including phenoxy) is 1. The predicted molar refractivity (Wildman–Crippen MR) is 68.8 cm³/mol. The van der Waals surface area contributed by atoms with Gasteiger partial charge >= 0.3 is 6.01 Å². The number of imidazole rings is 1. The monoisotopic (exact) mass is 264 g/mol. The van der Waals surface area contributed by atoms with Gasteiger partial charge in [0, 0.05) is 18.9 Å². The highest BCUT2D eigenvalue weighted by Crippen LogP contribution is 2.10. The smallest absolute Gasteiger partial charge is 0.323 e. The van der Waals surface area contributed by atoms with E-state index in [2.05, 4.69) is 25.4 Å². The molecular weight excluding hydrogens is 248 g/mol. The second-order valence-corrected chi connectivity index (χ2v) is 4.01. The van der Waals surface area contributed by atoms with Crippen LogP contribution in [0.1, 0.15) is 0 Å². The van der Waals surface area contributed by atoms with Crippen LogP contribution < -0.4 is 16.0 Å². The van der Waals surface area contributed by atoms with Crippen LogP contribution in [-0.4, -0.2) is 56.6 Å². The van der Waals surface area contributed by atoms with Crippen molar-refractivity contribution in [3.8, 4) is 12.0 Å². The van der Waals surface area contributed by atoms with E-state index in [9.17, 15) is 0 Å². The Bertz CT molecular complexity index is 512. The second kappa shape index (κ2) is 6.07. The minimum atomic E-state index is 0.216. The molecule has 19 heavy (non-hydrogen) atoms. The number of rotatable bonds is 6. The highest BCUT2D eigenvalue weighted by atomic mass is 16.5. The average molecular weight is 264 g/mol. The third-order valence-electron chi connectivity index (χ3n) is 2.24. The number of nitrogens with one attached hydrogen (secondary N) is 1. The first kappa shape index (κ1) is 13.2. The maximum absolute atomic E-state index is 5.46. The molecule has 0 saturated carbocycles. The van der Waals surface area contributed by atoms with E-state index in [4.69, 9.17) is 10.6 Å². The fourth-order valence-electron chi connectivity index (χ4n) is 1.29. The van der Waals surface area contributed by atoms with Crippen LogP contribution in [0, 0.1) is 0 Å². The summed E-state index contributed by atoms with van der Waals surface area (Å²) in [5.41, 5.74) is 2.38. The van der Waals surface area contributed by atoms with Crippen LogP contribution in [-0.2, 0) is 0 Å². The van der Waals surface area contributed by atoms with E-state index < -0.39 is 0 Å². The lowest BCUT2D eigenvalue weighted by Crippen LogP contribution is -2.21. The summed E-state index contributed by atoms with van der Waals surface area (Å²) in [6.07, 6.45) is 4.93. The van der Waals surface area contributed by atoms with Crippen molar-refractivity contribution < 1.29 is 4.74 Å². The summed E-state index contributed by atoms with van der Waals surface area (Å²) in [7, 11) is 3.92. The molecule has 2 rings (SSSR count). The Morgan fingerprint density at radius 1 is 1.37 bits per heavy atom. The predicted octanol–water partition coefficient (Wildman–Crippen LogP) is -0.717. The number of aromatic nitrogens is 5. The summed E-state index contributed by atoms with van der Waals surface area (Å²) >= 11 is 0. The zero-order valence-electron chi connectivity index (χ0n) is 10.8. The highest BCUT2D eigenvalue weighted by molar-refractivity contribution is 5.28. The van der Waals surface area contributed by atoms with Crippen molar-refractivity contribution >= 4 is 5.95 Å². The molecule has 0 spiro atoms. The molecule has 102 valence electrons. The fourth-order valence-corrected chi connectivity index (χ4v) is 1.29. The van der Waals surface area contributed by atoms with Crippen LogP contribution in [0.2, 0.25) is 0 Å². The molecule has 0 aromatic carbocycles. The number of likely N-dealkylation sites (N-methyl/N-ethyl adjacent to an activating group) is 1. The lowest BCUT2D eigenvalue weighted by atomic mass is 10.6. The number of nitrogens with zero attached hydrogens (tertiary/aromatic N) is 6. The van der Waals surface area contributed by atoms with Gasteiger partial charge in [-0.2, -0.15) is 15.0 Å². The van der Waals surface area contributed by atoms with Crippen LogP contribution in [0.3, 0.4) is 0 Å². The highest BCUT2D eigenvalue weighted by Gasteiger charge is 2.08. The van der Waals surface area contributed by atoms with Crippen molar-refractivity contribution in [2.75, 3.05) is 32.7 Å². The Kier molecular flexibility index (Phi) is 4.21. The lowest BCUT2D eigenvalue weighted by molar-refractivity contribution is 0.245. The fraction of sp³-hybridized carbons (Fsp3) is 0.400. The van der Waals surface area contributed by atoms with Crippen LogP contribution in [0.15, 0.2) is 18.7 Å². The molecule has 0 aliphatic carbocycles. The van der Waals surface area contributed by atoms with Gasteiger partial charge in [0.15, 0.2) is 0 Å². The summed E-state index contributed by atoms with van der Waals surface area (Å²) in [4.78, 5) is 18.3. The van der Waals surface area contributed by atoms with Crippen molar-refractivity contribution in [2.24, 2.45) is 5.84 Å². The molecule has 0 bridgehead atoms. The number of anilines is 1. The van der Waals surface area contributed by atoms with Gasteiger partial charge in [-0.15, -0.1) is 0 Å². The maximum Gasteiger partial charge on any atom is 0.323 e. The molecule has 0 unspecified atom stereocenters. The SMILES string of the molecule is CN(C)CCOc1nc(NN)nc(-n2ccnc2)n1. The third-order valence-corrected chi connectivity index (χ3v) is 2.24. The van der Waals surface area contributed by atoms with E-state index in [-0.39, 0.29) is 12.0 Å². The molecule has 0 saturated heterocycles. The Morgan fingerprint density at radius 2 is 2.21 bits per heavy atom. The molecule has 0 amide bonds. The summed E-state index contributed by atoms with van der Waals surface area (Å²) in [6, 6.07) is 0.216. The molecule has 0 aliphatic rings. The number of hydrazine groups is 1. The normalized spacial score (nSPS) is 10.7. The van der Waals surface area contributed by atoms with Crippen molar-refractivity contribution in [1.82, 2.24) is 29.4 Å². The van der Waals surface area contributed by atoms with Crippen LogP contribution in [0.4, 0.5) is 5.95 Å². The third kappa shape index (κ3) is 3.60. The van der Waals surface area contributed by atoms with Gasteiger partial charge in [0.1, 0.15) is 12.9 Å². The van der Waals surface area contributed by atoms with Gasteiger partial charge in [0.25, 0.3) is 0 Å². The van der Waals surface area contributed by atoms with Gasteiger partial charge < -0.3 is 9.64 Å². The molecule has 9 heteroatoms. The van der Waals surface area contributed by atoms with Crippen LogP contribution in [0.5, 0.6) is 6.01 Å². The van der Waals surface area contributed by atoms with Crippen molar-refractivity contribution in [2.45, 2.75) is 0 Å². The molecule has 2 heterocycles. The number of nitrogen functional groups attached to an aromatic ring is 1. The number of hydrogen-bond acceptors (Lipinski definition) is 8. The van der Waals surface area contributed by atoms with Gasteiger partial charge in [-0.1, -0.05) is 0 Å². The van der Waals surface area contributed by atoms with Crippen LogP contribution in [0.25, 0.3) is 5.95 Å². The minimum Gasteiger partial charge on any atom is -0.462 e. The first-order valence-electron chi connectivity index (χ1n) is 5.67. The largest absolute Gasteiger partial charge is 0.462 e. The first-order chi connectivity index (χ1) is 9.19. The van der Waals surface area contributed by atoms with Gasteiger partial charge in [-0.3, -0.25) is 9.99 Å². The lowest BCUT2D eigenvalue weighted by Gasteiger charge is -2.11. The van der Waals surface area contributed by atoms with Gasteiger partial charge in [-0.25, -0.2) is 10.8 Å². The maximum atomic E-state index is 5.46. The molecule has 0 atom stereocenters. The molecule has 3 N–H and O–H groups in total. The van der Waals surface area contributed by atoms with E-state index in [1.807, 2.05) is 19.0 Å².